The highest BCUT2D eigenvalue weighted by molar-refractivity contribution is 7.80. The molecule has 1 fully saturated rings. The number of methoxy groups -OCH3 is 2. The summed E-state index contributed by atoms with van der Waals surface area (Å²) in [7, 11) is 2.75. The minimum atomic E-state index is -1.05. The third-order valence-corrected chi connectivity index (χ3v) is 5.60. The number of nitro groups is 2. The second-order valence-electron chi connectivity index (χ2n) is 7.20. The molecule has 2 aromatic rings. The average molecular weight is 475 g/mol. The van der Waals surface area contributed by atoms with Crippen LogP contribution in [0.4, 0.5) is 11.4 Å². The predicted molar refractivity (Wildman–Crippen MR) is 121 cm³/mol. The molecular formula is C21H21N3O8S. The maximum atomic E-state index is 12.8. The van der Waals surface area contributed by atoms with Gasteiger partial charge in [0.05, 0.1) is 35.7 Å². The molecule has 12 heteroatoms. The van der Waals surface area contributed by atoms with Crippen molar-refractivity contribution in [3.63, 3.8) is 0 Å². The van der Waals surface area contributed by atoms with Gasteiger partial charge in [0.2, 0.25) is 5.75 Å². The van der Waals surface area contributed by atoms with Crippen molar-refractivity contribution in [1.82, 2.24) is 4.90 Å². The number of non-ortho nitro benzene ring substituents is 2. The standard InChI is InChI=1S/C21H21N3O8S/c1-30-17-10-13(20(33)22-6-4-3-5-7-22)11-18(31-2)19(17)32-21(25)14-8-15(23(26)27)12-16(9-14)24(28)29/h8-12H,3-7H2,1-2H3. The van der Waals surface area contributed by atoms with E-state index in [4.69, 9.17) is 26.4 Å². The Labute approximate surface area is 194 Å². The number of hydrogen-bond donors (Lipinski definition) is 0. The third kappa shape index (κ3) is 5.34. The summed E-state index contributed by atoms with van der Waals surface area (Å²) < 4.78 is 16.2. The van der Waals surface area contributed by atoms with E-state index in [-0.39, 0.29) is 22.8 Å². The molecule has 0 spiro atoms. The highest BCUT2D eigenvalue weighted by Crippen LogP contribution is 2.40. The lowest BCUT2D eigenvalue weighted by Crippen LogP contribution is -2.34. The molecule has 33 heavy (non-hydrogen) atoms. The van der Waals surface area contributed by atoms with Crippen LogP contribution in [-0.2, 0) is 0 Å². The van der Waals surface area contributed by atoms with Gasteiger partial charge in [-0.05, 0) is 31.4 Å². The Morgan fingerprint density at radius 3 is 1.85 bits per heavy atom. The van der Waals surface area contributed by atoms with Crippen molar-refractivity contribution < 1.29 is 28.9 Å². The smallest absolute Gasteiger partial charge is 0.344 e. The fourth-order valence-electron chi connectivity index (χ4n) is 3.46. The Bertz CT molecular complexity index is 1060. The highest BCUT2D eigenvalue weighted by Gasteiger charge is 2.25. The molecule has 0 radical (unpaired) electrons. The predicted octanol–water partition coefficient (Wildman–Crippen LogP) is 3.90. The molecule has 174 valence electrons. The number of esters is 1. The van der Waals surface area contributed by atoms with Gasteiger partial charge in [0, 0.05) is 30.8 Å². The zero-order chi connectivity index (χ0) is 24.1. The number of likely N-dealkylation sites (tertiary alicyclic amines) is 1. The fourth-order valence-corrected chi connectivity index (χ4v) is 3.76. The number of piperidine rings is 1. The summed E-state index contributed by atoms with van der Waals surface area (Å²) in [4.78, 5) is 36.0. The van der Waals surface area contributed by atoms with Gasteiger partial charge in [-0.2, -0.15) is 0 Å². The Morgan fingerprint density at radius 2 is 1.39 bits per heavy atom. The molecule has 0 bridgehead atoms. The summed E-state index contributed by atoms with van der Waals surface area (Å²) in [5.41, 5.74) is -0.950. The number of ether oxygens (including phenoxy) is 3. The van der Waals surface area contributed by atoms with E-state index in [2.05, 4.69) is 4.90 Å². The van der Waals surface area contributed by atoms with E-state index in [1.54, 1.807) is 12.1 Å². The Hall–Kier alpha value is -3.80. The lowest BCUT2D eigenvalue weighted by molar-refractivity contribution is -0.394. The summed E-state index contributed by atoms with van der Waals surface area (Å²) in [6.45, 7) is 1.68. The van der Waals surface area contributed by atoms with E-state index in [9.17, 15) is 25.0 Å². The van der Waals surface area contributed by atoms with Gasteiger partial charge in [0.15, 0.2) is 11.5 Å². The summed E-state index contributed by atoms with van der Waals surface area (Å²) in [6.07, 6.45) is 3.23. The van der Waals surface area contributed by atoms with Gasteiger partial charge in [-0.1, -0.05) is 12.2 Å². The number of nitrogens with zero attached hydrogens (tertiary/aromatic N) is 3. The van der Waals surface area contributed by atoms with Crippen molar-refractivity contribution in [3.05, 3.63) is 61.7 Å². The van der Waals surface area contributed by atoms with Gasteiger partial charge in [-0.15, -0.1) is 0 Å². The van der Waals surface area contributed by atoms with Crippen LogP contribution in [0.15, 0.2) is 30.3 Å². The maximum absolute atomic E-state index is 12.8. The molecule has 11 nitrogen and oxygen atoms in total. The molecule has 1 aliphatic heterocycles. The Kier molecular flexibility index (Phi) is 7.38. The molecule has 0 saturated carbocycles. The lowest BCUT2D eigenvalue weighted by atomic mass is 10.1. The first-order valence-corrected chi connectivity index (χ1v) is 10.4. The number of thiocarbonyl (C=S) groups is 1. The van der Waals surface area contributed by atoms with Crippen LogP contribution in [0.5, 0.6) is 17.2 Å². The van der Waals surface area contributed by atoms with Crippen molar-refractivity contribution in [1.29, 1.82) is 0 Å². The van der Waals surface area contributed by atoms with Crippen LogP contribution >= 0.6 is 12.2 Å². The Morgan fingerprint density at radius 1 is 0.879 bits per heavy atom. The molecule has 0 aliphatic carbocycles. The minimum Gasteiger partial charge on any atom is -0.493 e. The third-order valence-electron chi connectivity index (χ3n) is 5.11. The summed E-state index contributed by atoms with van der Waals surface area (Å²) >= 11 is 5.62. The van der Waals surface area contributed by atoms with Gasteiger partial charge in [-0.25, -0.2) is 4.79 Å². The van der Waals surface area contributed by atoms with E-state index in [1.165, 1.54) is 14.2 Å². The molecule has 1 aliphatic rings. The zero-order valence-corrected chi connectivity index (χ0v) is 18.8. The first kappa shape index (κ1) is 23.9. The molecule has 0 unspecified atom stereocenters. The van der Waals surface area contributed by atoms with Crippen molar-refractivity contribution in [2.24, 2.45) is 0 Å². The van der Waals surface area contributed by atoms with Gasteiger partial charge in [-0.3, -0.25) is 20.2 Å². The minimum absolute atomic E-state index is 0.0793. The first-order valence-electron chi connectivity index (χ1n) is 9.96. The van der Waals surface area contributed by atoms with Crippen LogP contribution in [-0.4, -0.2) is 53.0 Å². The molecular weight excluding hydrogens is 454 g/mol. The zero-order valence-electron chi connectivity index (χ0n) is 17.9. The Balaban J connectivity index is 1.96. The molecule has 1 heterocycles. The number of hydrogen-bond acceptors (Lipinski definition) is 9. The van der Waals surface area contributed by atoms with Gasteiger partial charge < -0.3 is 19.1 Å². The van der Waals surface area contributed by atoms with Gasteiger partial charge in [0.25, 0.3) is 11.4 Å². The van der Waals surface area contributed by atoms with Crippen molar-refractivity contribution in [2.45, 2.75) is 19.3 Å². The number of carbonyl (C=O) groups excluding carboxylic acids is 1. The summed E-state index contributed by atoms with van der Waals surface area (Å²) in [6, 6.07) is 5.77. The monoisotopic (exact) mass is 475 g/mol. The molecule has 1 saturated heterocycles. The van der Waals surface area contributed by atoms with Crippen molar-refractivity contribution >= 4 is 34.6 Å². The number of carbonyl (C=O) groups is 1. The van der Waals surface area contributed by atoms with Crippen LogP contribution in [0.25, 0.3) is 0 Å². The molecule has 0 N–H and O–H groups in total. The first-order chi connectivity index (χ1) is 15.7. The SMILES string of the molecule is COc1cc(C(=S)N2CCCCC2)cc(OC)c1OC(=O)c1cc([N+](=O)[O-])cc([N+](=O)[O-])c1. The lowest BCUT2D eigenvalue weighted by Gasteiger charge is -2.29. The van der Waals surface area contributed by atoms with Crippen LogP contribution in [0.1, 0.15) is 35.2 Å². The molecule has 3 rings (SSSR count). The molecule has 2 aromatic carbocycles. The molecule has 0 amide bonds. The van der Waals surface area contributed by atoms with Gasteiger partial charge in [0.1, 0.15) is 4.99 Å². The summed E-state index contributed by atoms with van der Waals surface area (Å²) in [5, 5.41) is 22.2. The summed E-state index contributed by atoms with van der Waals surface area (Å²) in [5.74, 6) is -0.830. The number of rotatable bonds is 7. The van der Waals surface area contributed by atoms with E-state index in [0.717, 1.165) is 50.6 Å². The van der Waals surface area contributed by atoms with Crippen molar-refractivity contribution in [2.75, 3.05) is 27.3 Å². The normalized spacial score (nSPS) is 13.2. The number of nitro benzene ring substituents is 2. The van der Waals surface area contributed by atoms with Crippen molar-refractivity contribution in [3.8, 4) is 17.2 Å². The van der Waals surface area contributed by atoms with Crippen LogP contribution in [0, 0.1) is 20.2 Å². The number of benzene rings is 2. The van der Waals surface area contributed by atoms with Crippen LogP contribution in [0.2, 0.25) is 0 Å². The van der Waals surface area contributed by atoms with Crippen LogP contribution in [0.3, 0.4) is 0 Å². The quantitative estimate of drug-likeness (QED) is 0.191. The second-order valence-corrected chi connectivity index (χ2v) is 7.59. The fraction of sp³-hybridized carbons (Fsp3) is 0.333. The highest BCUT2D eigenvalue weighted by atomic mass is 32.1. The average Bonchev–Trinajstić information content (AvgIpc) is 2.83. The molecule has 0 atom stereocenters. The van der Waals surface area contributed by atoms with E-state index < -0.39 is 27.2 Å². The van der Waals surface area contributed by atoms with E-state index >= 15 is 0 Å². The van der Waals surface area contributed by atoms with Crippen LogP contribution < -0.4 is 14.2 Å². The molecule has 0 aromatic heterocycles. The van der Waals surface area contributed by atoms with Gasteiger partial charge >= 0.3 is 5.97 Å². The van der Waals surface area contributed by atoms with E-state index in [0.29, 0.717) is 10.6 Å². The second kappa shape index (κ2) is 10.2. The van der Waals surface area contributed by atoms with E-state index in [1.807, 2.05) is 0 Å². The largest absolute Gasteiger partial charge is 0.493 e. The maximum Gasteiger partial charge on any atom is 0.344 e. The topological polar surface area (TPSA) is 134 Å².